The summed E-state index contributed by atoms with van der Waals surface area (Å²) in [4.78, 5) is 31.0. The number of amides is 1. The average Bonchev–Trinajstić information content (AvgIpc) is 3.35. The van der Waals surface area contributed by atoms with Crippen molar-refractivity contribution in [2.75, 3.05) is 26.3 Å². The zero-order chi connectivity index (χ0) is 22.8. The third-order valence-corrected chi connectivity index (χ3v) is 6.59. The SMILES string of the molecule is Cn1cccc(C(=O)N2CCC3(CC2)OCCc2cc(OCCn4cncn4)ccc23)c1=O. The van der Waals surface area contributed by atoms with E-state index in [2.05, 4.69) is 22.2 Å². The van der Waals surface area contributed by atoms with Crippen molar-refractivity contribution in [1.29, 1.82) is 0 Å². The van der Waals surface area contributed by atoms with Crippen LogP contribution >= 0.6 is 0 Å². The number of aromatic nitrogens is 4. The van der Waals surface area contributed by atoms with Crippen molar-refractivity contribution in [2.45, 2.75) is 31.4 Å². The maximum absolute atomic E-state index is 13.0. The van der Waals surface area contributed by atoms with Crippen molar-refractivity contribution in [3.05, 3.63) is 76.2 Å². The van der Waals surface area contributed by atoms with E-state index in [0.29, 0.717) is 45.7 Å². The third-order valence-electron chi connectivity index (χ3n) is 6.59. The number of fused-ring (bicyclic) bond motifs is 2. The summed E-state index contributed by atoms with van der Waals surface area (Å²) >= 11 is 0. The van der Waals surface area contributed by atoms with Crippen LogP contribution < -0.4 is 10.3 Å². The summed E-state index contributed by atoms with van der Waals surface area (Å²) < 4.78 is 15.4. The first kappa shape index (κ1) is 21.4. The summed E-state index contributed by atoms with van der Waals surface area (Å²) in [6.45, 7) is 2.89. The van der Waals surface area contributed by atoms with Crippen molar-refractivity contribution >= 4 is 5.91 Å². The van der Waals surface area contributed by atoms with E-state index in [1.165, 1.54) is 22.0 Å². The van der Waals surface area contributed by atoms with Gasteiger partial charge in [-0.25, -0.2) is 9.67 Å². The van der Waals surface area contributed by atoms with Crippen molar-refractivity contribution in [3.63, 3.8) is 0 Å². The molecule has 0 atom stereocenters. The Labute approximate surface area is 191 Å². The highest BCUT2D eigenvalue weighted by Gasteiger charge is 2.42. The molecule has 3 aromatic rings. The molecule has 9 heteroatoms. The normalized spacial score (nSPS) is 17.1. The number of hydrogen-bond donors (Lipinski definition) is 0. The van der Waals surface area contributed by atoms with Gasteiger partial charge in [-0.3, -0.25) is 9.59 Å². The number of aryl methyl sites for hydroxylation is 1. The Kier molecular flexibility index (Phi) is 5.72. The van der Waals surface area contributed by atoms with Crippen molar-refractivity contribution in [2.24, 2.45) is 7.05 Å². The highest BCUT2D eigenvalue weighted by molar-refractivity contribution is 5.93. The molecule has 0 aliphatic carbocycles. The van der Waals surface area contributed by atoms with Crippen LogP contribution in [0.3, 0.4) is 0 Å². The van der Waals surface area contributed by atoms with Crippen LogP contribution in [0, 0.1) is 0 Å². The number of rotatable bonds is 5. The Hall–Kier alpha value is -3.46. The van der Waals surface area contributed by atoms with E-state index in [4.69, 9.17) is 9.47 Å². The highest BCUT2D eigenvalue weighted by Crippen LogP contribution is 2.42. The molecule has 9 nitrogen and oxygen atoms in total. The fraction of sp³-hybridized carbons (Fsp3) is 0.417. The van der Waals surface area contributed by atoms with Crippen molar-refractivity contribution in [1.82, 2.24) is 24.2 Å². The lowest BCUT2D eigenvalue weighted by atomic mass is 9.79. The molecule has 2 aliphatic rings. The number of benzene rings is 1. The number of carbonyl (C=O) groups is 1. The van der Waals surface area contributed by atoms with Gasteiger partial charge in [0.2, 0.25) is 0 Å². The smallest absolute Gasteiger partial charge is 0.263 e. The predicted octanol–water partition coefficient (Wildman–Crippen LogP) is 1.76. The summed E-state index contributed by atoms with van der Waals surface area (Å²) in [7, 11) is 1.66. The van der Waals surface area contributed by atoms with Gasteiger partial charge in [0.25, 0.3) is 11.5 Å². The lowest BCUT2D eigenvalue weighted by Gasteiger charge is -2.45. The van der Waals surface area contributed by atoms with Gasteiger partial charge in [0.15, 0.2) is 0 Å². The first-order valence-electron chi connectivity index (χ1n) is 11.2. The van der Waals surface area contributed by atoms with Crippen LogP contribution in [0.2, 0.25) is 0 Å². The first-order valence-corrected chi connectivity index (χ1v) is 11.2. The van der Waals surface area contributed by atoms with E-state index in [1.807, 2.05) is 6.07 Å². The summed E-state index contributed by atoms with van der Waals surface area (Å²) in [6.07, 6.45) is 7.07. The maximum Gasteiger partial charge on any atom is 0.263 e. The van der Waals surface area contributed by atoms with Gasteiger partial charge < -0.3 is 18.9 Å². The van der Waals surface area contributed by atoms with Crippen LogP contribution in [-0.2, 0) is 30.4 Å². The molecule has 0 radical (unpaired) electrons. The number of nitrogens with zero attached hydrogens (tertiary/aromatic N) is 5. The fourth-order valence-electron chi connectivity index (χ4n) is 4.77. The van der Waals surface area contributed by atoms with Gasteiger partial charge in [-0.2, -0.15) is 5.10 Å². The Morgan fingerprint density at radius 3 is 2.88 bits per heavy atom. The molecule has 5 rings (SSSR count). The van der Waals surface area contributed by atoms with Crippen molar-refractivity contribution in [3.8, 4) is 5.75 Å². The number of piperidine rings is 1. The molecule has 0 saturated carbocycles. The topological polar surface area (TPSA) is 91.5 Å². The molecule has 1 aromatic carbocycles. The number of ether oxygens (including phenoxy) is 2. The standard InChI is InChI=1S/C24H27N5O4/c1-27-9-2-3-20(22(27)30)23(31)28-10-7-24(8-11-28)21-5-4-19(15-18(21)6-13-33-24)32-14-12-29-17-25-16-26-29/h2-5,9,15-17H,6-8,10-14H2,1H3. The largest absolute Gasteiger partial charge is 0.492 e. The molecule has 172 valence electrons. The molecule has 0 unspecified atom stereocenters. The van der Waals surface area contributed by atoms with Gasteiger partial charge in [-0.1, -0.05) is 6.07 Å². The second-order valence-electron chi connectivity index (χ2n) is 8.55. The van der Waals surface area contributed by atoms with E-state index >= 15 is 0 Å². The first-order chi connectivity index (χ1) is 16.1. The van der Waals surface area contributed by atoms with Crippen LogP contribution in [0.4, 0.5) is 0 Å². The minimum atomic E-state index is -0.398. The maximum atomic E-state index is 13.0. The van der Waals surface area contributed by atoms with Gasteiger partial charge in [-0.05, 0) is 54.7 Å². The average molecular weight is 450 g/mol. The molecule has 1 amide bonds. The molecule has 1 spiro atoms. The number of likely N-dealkylation sites (tertiary alicyclic amines) is 1. The number of pyridine rings is 1. The Morgan fingerprint density at radius 2 is 2.09 bits per heavy atom. The lowest BCUT2D eigenvalue weighted by Crippen LogP contribution is -2.49. The zero-order valence-corrected chi connectivity index (χ0v) is 18.6. The highest BCUT2D eigenvalue weighted by atomic mass is 16.5. The minimum absolute atomic E-state index is 0.210. The summed E-state index contributed by atoms with van der Waals surface area (Å²) in [5.74, 6) is 0.622. The summed E-state index contributed by atoms with van der Waals surface area (Å²) in [5.41, 5.74) is 1.97. The molecule has 4 heterocycles. The molecule has 0 bridgehead atoms. The van der Waals surface area contributed by atoms with Gasteiger partial charge in [0, 0.05) is 26.3 Å². The third kappa shape index (κ3) is 4.16. The van der Waals surface area contributed by atoms with Gasteiger partial charge in [0.1, 0.15) is 30.6 Å². The lowest BCUT2D eigenvalue weighted by molar-refractivity contribution is -0.0935. The van der Waals surface area contributed by atoms with Crippen molar-refractivity contribution < 1.29 is 14.3 Å². The van der Waals surface area contributed by atoms with Crippen LogP contribution in [0.25, 0.3) is 0 Å². The van der Waals surface area contributed by atoms with Gasteiger partial charge >= 0.3 is 0 Å². The second kappa shape index (κ2) is 8.82. The van der Waals surface area contributed by atoms with E-state index in [9.17, 15) is 9.59 Å². The van der Waals surface area contributed by atoms with Crippen LogP contribution in [0.1, 0.15) is 34.3 Å². The fourth-order valence-corrected chi connectivity index (χ4v) is 4.77. The Morgan fingerprint density at radius 1 is 1.24 bits per heavy atom. The molecule has 2 aromatic heterocycles. The summed E-state index contributed by atoms with van der Waals surface area (Å²) in [5, 5.41) is 4.08. The van der Waals surface area contributed by atoms with E-state index < -0.39 is 5.60 Å². The van der Waals surface area contributed by atoms with Crippen LogP contribution in [0.5, 0.6) is 5.75 Å². The molecule has 2 aliphatic heterocycles. The molecular weight excluding hydrogens is 422 g/mol. The Balaban J connectivity index is 1.27. The van der Waals surface area contributed by atoms with E-state index in [-0.39, 0.29) is 17.0 Å². The molecule has 1 fully saturated rings. The number of hydrogen-bond acceptors (Lipinski definition) is 6. The van der Waals surface area contributed by atoms with E-state index in [0.717, 1.165) is 12.2 Å². The second-order valence-corrected chi connectivity index (χ2v) is 8.55. The molecular formula is C24H27N5O4. The predicted molar refractivity (Wildman–Crippen MR) is 120 cm³/mol. The zero-order valence-electron chi connectivity index (χ0n) is 18.6. The number of carbonyl (C=O) groups excluding carboxylic acids is 1. The van der Waals surface area contributed by atoms with Crippen LogP contribution in [0.15, 0.2) is 54.0 Å². The quantitative estimate of drug-likeness (QED) is 0.590. The minimum Gasteiger partial charge on any atom is -0.492 e. The van der Waals surface area contributed by atoms with Gasteiger partial charge in [-0.15, -0.1) is 0 Å². The Bertz CT molecular complexity index is 1200. The molecule has 1 saturated heterocycles. The monoisotopic (exact) mass is 449 g/mol. The molecule has 33 heavy (non-hydrogen) atoms. The van der Waals surface area contributed by atoms with Gasteiger partial charge in [0.05, 0.1) is 18.8 Å². The van der Waals surface area contributed by atoms with E-state index in [1.54, 1.807) is 41.3 Å². The molecule has 0 N–H and O–H groups in total. The van der Waals surface area contributed by atoms with Crippen LogP contribution in [-0.4, -0.2) is 56.4 Å². The summed E-state index contributed by atoms with van der Waals surface area (Å²) in [6, 6.07) is 9.52.